The molecule has 4 unspecified atom stereocenters. The quantitative estimate of drug-likeness (QED) is 0.497. The minimum Gasteiger partial charge on any atom is -0.0620 e. The summed E-state index contributed by atoms with van der Waals surface area (Å²) in [5.74, 6) is 3.40. The molecule has 0 aromatic rings. The zero-order valence-electron chi connectivity index (χ0n) is 7.47. The van der Waals surface area contributed by atoms with Gasteiger partial charge in [0.25, 0.3) is 0 Å². The van der Waals surface area contributed by atoms with Gasteiger partial charge in [-0.25, -0.2) is 0 Å². The second kappa shape index (κ2) is 1.84. The third kappa shape index (κ3) is 0.625. The Hall–Kier alpha value is 0. The molecule has 4 atom stereocenters. The van der Waals surface area contributed by atoms with Gasteiger partial charge in [0.2, 0.25) is 0 Å². The smallest absolute Gasteiger partial charge is 0.0241 e. The molecule has 3 rings (SSSR count). The highest BCUT2D eigenvalue weighted by molar-refractivity contribution is 5.07. The summed E-state index contributed by atoms with van der Waals surface area (Å²) in [6.07, 6.45) is 9.47. The standard InChI is InChI=1S/C11H18/c1-8-4-5-11(8)7-9-2-3-10(11)6-9/h8-10H,2-7H2,1H3. The molecule has 0 aliphatic heterocycles. The first-order valence-electron chi connectivity index (χ1n) is 5.31. The van der Waals surface area contributed by atoms with Crippen molar-refractivity contribution in [3.8, 4) is 0 Å². The van der Waals surface area contributed by atoms with E-state index in [4.69, 9.17) is 0 Å². The van der Waals surface area contributed by atoms with Crippen molar-refractivity contribution in [3.05, 3.63) is 0 Å². The van der Waals surface area contributed by atoms with E-state index in [1.165, 1.54) is 6.42 Å². The van der Waals surface area contributed by atoms with E-state index in [2.05, 4.69) is 6.92 Å². The molecule has 3 aliphatic carbocycles. The van der Waals surface area contributed by atoms with Crippen LogP contribution in [0.15, 0.2) is 0 Å². The highest BCUT2D eigenvalue weighted by Crippen LogP contribution is 2.66. The summed E-state index contributed by atoms with van der Waals surface area (Å²) in [5, 5.41) is 0. The highest BCUT2D eigenvalue weighted by Gasteiger charge is 2.57. The topological polar surface area (TPSA) is 0 Å². The summed E-state index contributed by atoms with van der Waals surface area (Å²) < 4.78 is 0. The lowest BCUT2D eigenvalue weighted by Crippen LogP contribution is -2.42. The molecular weight excluding hydrogens is 132 g/mol. The molecule has 0 radical (unpaired) electrons. The van der Waals surface area contributed by atoms with E-state index in [9.17, 15) is 0 Å². The van der Waals surface area contributed by atoms with Crippen LogP contribution in [0.3, 0.4) is 0 Å². The highest BCUT2D eigenvalue weighted by atomic mass is 14.6. The monoisotopic (exact) mass is 150 g/mol. The van der Waals surface area contributed by atoms with E-state index >= 15 is 0 Å². The van der Waals surface area contributed by atoms with E-state index in [1.54, 1.807) is 32.1 Å². The third-order valence-electron chi connectivity index (χ3n) is 5.05. The van der Waals surface area contributed by atoms with Gasteiger partial charge in [-0.1, -0.05) is 13.3 Å². The van der Waals surface area contributed by atoms with Crippen LogP contribution in [-0.4, -0.2) is 0 Å². The van der Waals surface area contributed by atoms with Crippen molar-refractivity contribution in [2.45, 2.75) is 45.4 Å². The molecule has 3 saturated carbocycles. The Labute approximate surface area is 69.4 Å². The first-order chi connectivity index (χ1) is 5.31. The van der Waals surface area contributed by atoms with Crippen LogP contribution < -0.4 is 0 Å². The molecule has 0 saturated heterocycles. The van der Waals surface area contributed by atoms with Crippen LogP contribution in [-0.2, 0) is 0 Å². The second-order valence-corrected chi connectivity index (χ2v) is 5.25. The summed E-state index contributed by atoms with van der Waals surface area (Å²) in [4.78, 5) is 0. The van der Waals surface area contributed by atoms with Gasteiger partial charge in [0.1, 0.15) is 0 Å². The van der Waals surface area contributed by atoms with Crippen LogP contribution in [0, 0.1) is 23.2 Å². The van der Waals surface area contributed by atoms with Crippen LogP contribution in [0.2, 0.25) is 0 Å². The number of hydrogen-bond donors (Lipinski definition) is 0. The molecule has 62 valence electrons. The maximum absolute atomic E-state index is 2.49. The van der Waals surface area contributed by atoms with Crippen molar-refractivity contribution in [3.63, 3.8) is 0 Å². The summed E-state index contributed by atoms with van der Waals surface area (Å²) in [5.41, 5.74) is 0.892. The zero-order chi connectivity index (χ0) is 7.47. The molecule has 3 aliphatic rings. The van der Waals surface area contributed by atoms with Gasteiger partial charge in [-0.3, -0.25) is 0 Å². The van der Waals surface area contributed by atoms with Crippen molar-refractivity contribution in [1.82, 2.24) is 0 Å². The normalized spacial score (nSPS) is 60.3. The van der Waals surface area contributed by atoms with Gasteiger partial charge in [-0.2, -0.15) is 0 Å². The molecule has 0 nitrogen and oxygen atoms in total. The van der Waals surface area contributed by atoms with Crippen LogP contribution in [0.25, 0.3) is 0 Å². The number of fused-ring (bicyclic) bond motifs is 3. The van der Waals surface area contributed by atoms with E-state index < -0.39 is 0 Å². The maximum Gasteiger partial charge on any atom is -0.0241 e. The molecule has 0 N–H and O–H groups in total. The fourth-order valence-electron chi connectivity index (χ4n) is 4.20. The Balaban J connectivity index is 1.89. The Kier molecular flexibility index (Phi) is 1.09. The molecule has 3 fully saturated rings. The largest absolute Gasteiger partial charge is 0.0620 e. The molecule has 0 aromatic heterocycles. The van der Waals surface area contributed by atoms with E-state index in [0.717, 1.165) is 23.2 Å². The molecule has 0 heterocycles. The minimum atomic E-state index is 0.892. The summed E-state index contributed by atoms with van der Waals surface area (Å²) in [6.45, 7) is 2.49. The molecule has 0 heteroatoms. The SMILES string of the molecule is CC1CCC12CC1CCC2C1. The first kappa shape index (κ1) is 6.51. The van der Waals surface area contributed by atoms with E-state index in [-0.39, 0.29) is 0 Å². The summed E-state index contributed by atoms with van der Waals surface area (Å²) in [6, 6.07) is 0. The van der Waals surface area contributed by atoms with Gasteiger partial charge < -0.3 is 0 Å². The van der Waals surface area contributed by atoms with Gasteiger partial charge in [0, 0.05) is 0 Å². The Bertz CT molecular complexity index is 184. The Morgan fingerprint density at radius 2 is 2.09 bits per heavy atom. The van der Waals surface area contributed by atoms with Crippen molar-refractivity contribution >= 4 is 0 Å². The van der Waals surface area contributed by atoms with Gasteiger partial charge in [0.15, 0.2) is 0 Å². The van der Waals surface area contributed by atoms with Crippen LogP contribution >= 0.6 is 0 Å². The molecule has 0 amide bonds. The molecule has 2 bridgehead atoms. The van der Waals surface area contributed by atoms with Gasteiger partial charge in [0.05, 0.1) is 0 Å². The molecule has 11 heavy (non-hydrogen) atoms. The van der Waals surface area contributed by atoms with Crippen LogP contribution in [0.5, 0.6) is 0 Å². The van der Waals surface area contributed by atoms with Gasteiger partial charge >= 0.3 is 0 Å². The molecule has 0 aromatic carbocycles. The van der Waals surface area contributed by atoms with E-state index in [1.807, 2.05) is 0 Å². The predicted molar refractivity (Wildman–Crippen MR) is 46.3 cm³/mol. The Morgan fingerprint density at radius 3 is 2.36 bits per heavy atom. The minimum absolute atomic E-state index is 0.892. The second-order valence-electron chi connectivity index (χ2n) is 5.25. The average Bonchev–Trinajstić information content (AvgIpc) is 2.60. The van der Waals surface area contributed by atoms with Crippen LogP contribution in [0.1, 0.15) is 45.4 Å². The lowest BCUT2D eigenvalue weighted by atomic mass is 9.54. The van der Waals surface area contributed by atoms with E-state index in [0.29, 0.717) is 0 Å². The fraction of sp³-hybridized carbons (Fsp3) is 1.00. The lowest BCUT2D eigenvalue weighted by Gasteiger charge is -2.51. The Morgan fingerprint density at radius 1 is 1.18 bits per heavy atom. The predicted octanol–water partition coefficient (Wildman–Crippen LogP) is 3.22. The van der Waals surface area contributed by atoms with Gasteiger partial charge in [-0.05, 0) is 55.3 Å². The summed E-state index contributed by atoms with van der Waals surface area (Å²) >= 11 is 0. The number of hydrogen-bond acceptors (Lipinski definition) is 0. The first-order valence-corrected chi connectivity index (χ1v) is 5.31. The maximum atomic E-state index is 2.49. The zero-order valence-corrected chi connectivity index (χ0v) is 7.47. The average molecular weight is 150 g/mol. The van der Waals surface area contributed by atoms with Crippen molar-refractivity contribution in [2.75, 3.05) is 0 Å². The van der Waals surface area contributed by atoms with Crippen molar-refractivity contribution in [1.29, 1.82) is 0 Å². The lowest BCUT2D eigenvalue weighted by molar-refractivity contribution is -0.0157. The van der Waals surface area contributed by atoms with Crippen molar-refractivity contribution in [2.24, 2.45) is 23.2 Å². The van der Waals surface area contributed by atoms with Gasteiger partial charge in [-0.15, -0.1) is 0 Å². The van der Waals surface area contributed by atoms with Crippen LogP contribution in [0.4, 0.5) is 0 Å². The molecular formula is C11H18. The molecule has 1 spiro atoms. The number of rotatable bonds is 0. The third-order valence-corrected chi connectivity index (χ3v) is 5.05. The fourth-order valence-corrected chi connectivity index (χ4v) is 4.20. The van der Waals surface area contributed by atoms with Crippen molar-refractivity contribution < 1.29 is 0 Å². The summed E-state index contributed by atoms with van der Waals surface area (Å²) in [7, 11) is 0.